The molecule has 0 radical (unpaired) electrons. The Bertz CT molecular complexity index is 708. The third kappa shape index (κ3) is 3.12. The van der Waals surface area contributed by atoms with Crippen molar-refractivity contribution in [2.24, 2.45) is 5.73 Å². The van der Waals surface area contributed by atoms with Crippen LogP contribution in [0.4, 0.5) is 5.00 Å². The maximum Gasteiger partial charge on any atom is 0.251 e. The van der Waals surface area contributed by atoms with Crippen molar-refractivity contribution in [1.29, 1.82) is 0 Å². The molecule has 1 saturated carbocycles. The number of tetrazole rings is 1. The number of nitrogens with one attached hydrogen (secondary N) is 1. The fourth-order valence-electron chi connectivity index (χ4n) is 1.84. The van der Waals surface area contributed by atoms with E-state index in [0.717, 1.165) is 12.8 Å². The van der Waals surface area contributed by atoms with Crippen LogP contribution in [0.3, 0.4) is 0 Å². The Balaban J connectivity index is 1.65. The summed E-state index contributed by atoms with van der Waals surface area (Å²) in [6.45, 7) is 1.77. The van der Waals surface area contributed by atoms with E-state index < -0.39 is 11.2 Å². The Morgan fingerprint density at radius 3 is 3.00 bits per heavy atom. The summed E-state index contributed by atoms with van der Waals surface area (Å²) in [5.41, 5.74) is 5.58. The van der Waals surface area contributed by atoms with Crippen molar-refractivity contribution < 1.29 is 9.59 Å². The predicted molar refractivity (Wildman–Crippen MR) is 82.9 cm³/mol. The zero-order chi connectivity index (χ0) is 15.7. The highest BCUT2D eigenvalue weighted by molar-refractivity contribution is 8.00. The Kier molecular flexibility index (Phi) is 4.12. The largest absolute Gasteiger partial charge is 0.366 e. The SMILES string of the molecule is C[C@H](Sc1nnnn1C1CC1)C(=O)Nc1sccc1C(N)=O. The molecule has 0 bridgehead atoms. The highest BCUT2D eigenvalue weighted by atomic mass is 32.2. The number of hydrogen-bond acceptors (Lipinski definition) is 7. The van der Waals surface area contributed by atoms with Gasteiger partial charge in [0.2, 0.25) is 11.1 Å². The summed E-state index contributed by atoms with van der Waals surface area (Å²) < 4.78 is 1.76. The molecule has 2 aromatic heterocycles. The molecule has 1 aliphatic rings. The number of rotatable bonds is 6. The predicted octanol–water partition coefficient (Wildman–Crippen LogP) is 1.29. The third-order valence-corrected chi connectivity index (χ3v) is 5.05. The van der Waals surface area contributed by atoms with Gasteiger partial charge >= 0.3 is 0 Å². The molecular formula is C12H14N6O2S2. The average Bonchev–Trinajstić information content (AvgIpc) is 3.03. The molecular weight excluding hydrogens is 324 g/mol. The fourth-order valence-corrected chi connectivity index (χ4v) is 3.49. The zero-order valence-corrected chi connectivity index (χ0v) is 13.4. The van der Waals surface area contributed by atoms with Crippen LogP contribution in [0.25, 0.3) is 0 Å². The topological polar surface area (TPSA) is 116 Å². The lowest BCUT2D eigenvalue weighted by atomic mass is 10.3. The minimum absolute atomic E-state index is 0.222. The van der Waals surface area contributed by atoms with Crippen LogP contribution in [0.1, 0.15) is 36.2 Å². The third-order valence-electron chi connectivity index (χ3n) is 3.17. The molecule has 1 atom stereocenters. The second-order valence-electron chi connectivity index (χ2n) is 4.91. The summed E-state index contributed by atoms with van der Waals surface area (Å²) >= 11 is 2.55. The van der Waals surface area contributed by atoms with Crippen LogP contribution in [-0.4, -0.2) is 37.3 Å². The smallest absolute Gasteiger partial charge is 0.251 e. The molecule has 1 fully saturated rings. The van der Waals surface area contributed by atoms with Crippen LogP contribution < -0.4 is 11.1 Å². The number of carbonyl (C=O) groups is 2. The van der Waals surface area contributed by atoms with Gasteiger partial charge in [-0.3, -0.25) is 9.59 Å². The normalized spacial score (nSPS) is 15.5. The molecule has 2 aromatic rings. The van der Waals surface area contributed by atoms with Crippen LogP contribution in [-0.2, 0) is 4.79 Å². The van der Waals surface area contributed by atoms with Crippen molar-refractivity contribution in [1.82, 2.24) is 20.2 Å². The Morgan fingerprint density at radius 2 is 2.32 bits per heavy atom. The first-order valence-corrected chi connectivity index (χ1v) is 8.45. The molecule has 3 N–H and O–H groups in total. The fraction of sp³-hybridized carbons (Fsp3) is 0.417. The quantitative estimate of drug-likeness (QED) is 0.767. The number of nitrogens with zero attached hydrogens (tertiary/aromatic N) is 4. The van der Waals surface area contributed by atoms with Gasteiger partial charge in [-0.25, -0.2) is 4.68 Å². The molecule has 0 aliphatic heterocycles. The van der Waals surface area contributed by atoms with Crippen LogP contribution in [0, 0.1) is 0 Å². The van der Waals surface area contributed by atoms with Crippen molar-refractivity contribution in [3.8, 4) is 0 Å². The van der Waals surface area contributed by atoms with E-state index in [1.54, 1.807) is 23.1 Å². The van der Waals surface area contributed by atoms with Gasteiger partial charge in [-0.2, -0.15) is 0 Å². The second kappa shape index (κ2) is 6.05. The molecule has 10 heteroatoms. The van der Waals surface area contributed by atoms with Gasteiger partial charge in [0.25, 0.3) is 5.91 Å². The molecule has 0 saturated heterocycles. The van der Waals surface area contributed by atoms with Crippen molar-refractivity contribution in [3.63, 3.8) is 0 Å². The molecule has 0 unspecified atom stereocenters. The maximum absolute atomic E-state index is 12.3. The van der Waals surface area contributed by atoms with Gasteiger partial charge in [-0.1, -0.05) is 11.8 Å². The number of amides is 2. The lowest BCUT2D eigenvalue weighted by molar-refractivity contribution is -0.115. The summed E-state index contributed by atoms with van der Waals surface area (Å²) in [7, 11) is 0. The second-order valence-corrected chi connectivity index (χ2v) is 7.14. The summed E-state index contributed by atoms with van der Waals surface area (Å²) in [5.74, 6) is -0.783. The first-order valence-electron chi connectivity index (χ1n) is 6.69. The van der Waals surface area contributed by atoms with Crippen LogP contribution >= 0.6 is 23.1 Å². The Labute approximate surface area is 134 Å². The number of aromatic nitrogens is 4. The molecule has 0 aromatic carbocycles. The highest BCUT2D eigenvalue weighted by Gasteiger charge is 2.29. The molecule has 0 spiro atoms. The minimum Gasteiger partial charge on any atom is -0.366 e. The Hall–Kier alpha value is -1.94. The van der Waals surface area contributed by atoms with Gasteiger partial charge in [-0.05, 0) is 41.6 Å². The summed E-state index contributed by atoms with van der Waals surface area (Å²) in [6, 6.07) is 1.94. The molecule has 3 rings (SSSR count). The number of hydrogen-bond donors (Lipinski definition) is 2. The monoisotopic (exact) mass is 338 g/mol. The van der Waals surface area contributed by atoms with Gasteiger partial charge in [0.05, 0.1) is 16.9 Å². The van der Waals surface area contributed by atoms with Crippen molar-refractivity contribution in [3.05, 3.63) is 17.0 Å². The highest BCUT2D eigenvalue weighted by Crippen LogP contribution is 2.37. The number of anilines is 1. The van der Waals surface area contributed by atoms with E-state index in [9.17, 15) is 9.59 Å². The summed E-state index contributed by atoms with van der Waals surface area (Å²) in [6.07, 6.45) is 2.13. The first-order chi connectivity index (χ1) is 10.6. The summed E-state index contributed by atoms with van der Waals surface area (Å²) in [5, 5.41) is 16.7. The van der Waals surface area contributed by atoms with E-state index in [4.69, 9.17) is 5.73 Å². The van der Waals surface area contributed by atoms with Gasteiger partial charge in [0, 0.05) is 0 Å². The first kappa shape index (κ1) is 15.0. The number of thiophene rings is 1. The molecule has 1 aliphatic carbocycles. The van der Waals surface area contributed by atoms with Gasteiger partial charge < -0.3 is 11.1 Å². The van der Waals surface area contributed by atoms with Gasteiger partial charge in [-0.15, -0.1) is 16.4 Å². The van der Waals surface area contributed by atoms with Crippen LogP contribution in [0.15, 0.2) is 16.6 Å². The molecule has 2 amide bonds. The van der Waals surface area contributed by atoms with E-state index in [2.05, 4.69) is 20.8 Å². The molecule has 22 heavy (non-hydrogen) atoms. The minimum atomic E-state index is -0.561. The standard InChI is InChI=1S/C12H14N6O2S2/c1-6(22-12-15-16-17-18(12)7-2-3-7)10(20)14-11-8(9(13)19)4-5-21-11/h4-7H,2-3H2,1H3,(H2,13,19)(H,14,20)/t6-/m0/s1. The zero-order valence-electron chi connectivity index (χ0n) is 11.7. The van der Waals surface area contributed by atoms with Crippen LogP contribution in [0.5, 0.6) is 0 Å². The average molecular weight is 338 g/mol. The van der Waals surface area contributed by atoms with Crippen LogP contribution in [0.2, 0.25) is 0 Å². The molecule has 8 nitrogen and oxygen atoms in total. The maximum atomic E-state index is 12.3. The number of primary amides is 1. The lowest BCUT2D eigenvalue weighted by Gasteiger charge is -2.11. The van der Waals surface area contributed by atoms with E-state index >= 15 is 0 Å². The van der Waals surface area contributed by atoms with Gasteiger partial charge in [0.15, 0.2) is 0 Å². The number of thioether (sulfide) groups is 1. The van der Waals surface area contributed by atoms with E-state index in [0.29, 0.717) is 21.8 Å². The summed E-state index contributed by atoms with van der Waals surface area (Å²) in [4.78, 5) is 23.5. The van der Waals surface area contributed by atoms with E-state index in [-0.39, 0.29) is 5.91 Å². The molecule has 2 heterocycles. The Morgan fingerprint density at radius 1 is 1.55 bits per heavy atom. The van der Waals surface area contributed by atoms with Crippen molar-refractivity contribution in [2.75, 3.05) is 5.32 Å². The van der Waals surface area contributed by atoms with E-state index in [1.165, 1.54) is 23.1 Å². The van der Waals surface area contributed by atoms with Crippen molar-refractivity contribution in [2.45, 2.75) is 36.2 Å². The number of carbonyl (C=O) groups excluding carboxylic acids is 2. The van der Waals surface area contributed by atoms with Crippen molar-refractivity contribution >= 4 is 39.9 Å². The number of nitrogens with two attached hydrogens (primary N) is 1. The molecule has 116 valence electrons. The van der Waals surface area contributed by atoms with E-state index in [1.807, 2.05) is 0 Å². The van der Waals surface area contributed by atoms with Gasteiger partial charge in [0.1, 0.15) is 5.00 Å². The lowest BCUT2D eigenvalue weighted by Crippen LogP contribution is -2.24.